The molecule has 0 unspecified atom stereocenters. The summed E-state index contributed by atoms with van der Waals surface area (Å²) in [6.45, 7) is 1.72. The van der Waals surface area contributed by atoms with Gasteiger partial charge in [-0.1, -0.05) is 23.7 Å². The Kier molecular flexibility index (Phi) is 7.98. The molecule has 4 rings (SSSR count). The average Bonchev–Trinajstić information content (AvgIpc) is 3.33. The molecule has 8 nitrogen and oxygen atoms in total. The topological polar surface area (TPSA) is 112 Å². The number of hydrogen-bond donors (Lipinski definition) is 4. The molecule has 0 radical (unpaired) electrons. The fraction of sp³-hybridized carbons (Fsp3) is 0.231. The summed E-state index contributed by atoms with van der Waals surface area (Å²) >= 11 is 5.62. The van der Waals surface area contributed by atoms with E-state index in [1.165, 1.54) is 13.0 Å². The van der Waals surface area contributed by atoms with Crippen molar-refractivity contribution in [3.63, 3.8) is 0 Å². The van der Waals surface area contributed by atoms with Gasteiger partial charge < -0.3 is 21.3 Å². The van der Waals surface area contributed by atoms with Gasteiger partial charge in [0.25, 0.3) is 5.91 Å². The first-order valence-electron chi connectivity index (χ1n) is 11.6. The van der Waals surface area contributed by atoms with Gasteiger partial charge in [0.05, 0.1) is 16.6 Å². The lowest BCUT2D eigenvalue weighted by Gasteiger charge is -2.15. The number of nitrogens with one attached hydrogen (secondary N) is 4. The summed E-state index contributed by atoms with van der Waals surface area (Å²) in [5.74, 6) is -0.615. The van der Waals surface area contributed by atoms with E-state index >= 15 is 0 Å². The molecule has 0 bridgehead atoms. The molecule has 0 saturated carbocycles. The van der Waals surface area contributed by atoms with Crippen LogP contribution >= 0.6 is 11.6 Å². The van der Waals surface area contributed by atoms with E-state index in [9.17, 15) is 27.6 Å². The number of amides is 3. The highest BCUT2D eigenvalue weighted by Crippen LogP contribution is 2.36. The van der Waals surface area contributed by atoms with Crippen LogP contribution in [0.5, 0.6) is 0 Å². The summed E-state index contributed by atoms with van der Waals surface area (Å²) < 4.78 is 39.2. The van der Waals surface area contributed by atoms with Crippen molar-refractivity contribution < 1.29 is 27.6 Å². The Morgan fingerprint density at radius 3 is 2.34 bits per heavy atom. The van der Waals surface area contributed by atoms with Gasteiger partial charge in [-0.25, -0.2) is 4.98 Å². The summed E-state index contributed by atoms with van der Waals surface area (Å²) in [7, 11) is 0. The lowest BCUT2D eigenvalue weighted by molar-refractivity contribution is -0.137. The maximum atomic E-state index is 13.1. The van der Waals surface area contributed by atoms with Gasteiger partial charge in [-0.2, -0.15) is 13.2 Å². The van der Waals surface area contributed by atoms with Gasteiger partial charge in [-0.15, -0.1) is 0 Å². The van der Waals surface area contributed by atoms with Crippen LogP contribution in [-0.2, 0) is 15.8 Å². The van der Waals surface area contributed by atoms with Crippen molar-refractivity contribution in [1.82, 2.24) is 15.6 Å². The second kappa shape index (κ2) is 11.2. The summed E-state index contributed by atoms with van der Waals surface area (Å²) in [4.78, 5) is 40.6. The fourth-order valence-corrected chi connectivity index (χ4v) is 4.22. The third-order valence-corrected chi connectivity index (χ3v) is 6.20. The highest BCUT2D eigenvalue weighted by molar-refractivity contribution is 6.31. The summed E-state index contributed by atoms with van der Waals surface area (Å²) in [6, 6.07) is 12.5. The number of alkyl halides is 3. The lowest BCUT2D eigenvalue weighted by Crippen LogP contribution is -2.36. The molecule has 38 heavy (non-hydrogen) atoms. The van der Waals surface area contributed by atoms with Crippen molar-refractivity contribution in [2.24, 2.45) is 0 Å². The Hall–Kier alpha value is -3.96. The van der Waals surface area contributed by atoms with Gasteiger partial charge in [-0.05, 0) is 54.4 Å². The number of pyridine rings is 1. The van der Waals surface area contributed by atoms with E-state index in [0.717, 1.165) is 23.3 Å². The van der Waals surface area contributed by atoms with Gasteiger partial charge in [-0.3, -0.25) is 14.4 Å². The number of benzene rings is 2. The van der Waals surface area contributed by atoms with Crippen LogP contribution in [0, 0.1) is 0 Å². The number of carbonyl (C=O) groups is 3. The predicted molar refractivity (Wildman–Crippen MR) is 137 cm³/mol. The molecule has 3 amide bonds. The van der Waals surface area contributed by atoms with Gasteiger partial charge in [0.2, 0.25) is 11.8 Å². The molecule has 198 valence electrons. The second-order valence-electron chi connectivity index (χ2n) is 8.74. The van der Waals surface area contributed by atoms with E-state index in [2.05, 4.69) is 26.3 Å². The van der Waals surface area contributed by atoms with Crippen molar-refractivity contribution in [2.75, 3.05) is 17.2 Å². The molecule has 1 aromatic heterocycles. The smallest absolute Gasteiger partial charge is 0.348 e. The van der Waals surface area contributed by atoms with E-state index in [0.29, 0.717) is 17.9 Å². The van der Waals surface area contributed by atoms with Gasteiger partial charge >= 0.3 is 6.18 Å². The Labute approximate surface area is 221 Å². The Morgan fingerprint density at radius 1 is 1.00 bits per heavy atom. The monoisotopic (exact) mass is 545 g/mol. The van der Waals surface area contributed by atoms with Crippen LogP contribution in [-0.4, -0.2) is 41.3 Å². The van der Waals surface area contributed by atoms with Crippen LogP contribution in [0.1, 0.15) is 29.3 Å². The molecule has 12 heteroatoms. The first-order valence-corrected chi connectivity index (χ1v) is 11.9. The molecule has 1 saturated heterocycles. The minimum Gasteiger partial charge on any atom is -0.348 e. The van der Waals surface area contributed by atoms with Crippen molar-refractivity contribution >= 4 is 40.8 Å². The molecule has 1 aliphatic rings. The molecule has 1 fully saturated rings. The Balaban J connectivity index is 1.31. The first kappa shape index (κ1) is 27.1. The van der Waals surface area contributed by atoms with E-state index in [1.54, 1.807) is 42.6 Å². The van der Waals surface area contributed by atoms with E-state index in [4.69, 9.17) is 11.6 Å². The summed E-state index contributed by atoms with van der Waals surface area (Å²) in [6.07, 6.45) is -2.77. The second-order valence-corrected chi connectivity index (χ2v) is 9.15. The minimum absolute atomic E-state index is 0.0268. The molecular weight excluding hydrogens is 523 g/mol. The number of nitrogens with zero attached hydrogens (tertiary/aromatic N) is 1. The number of carbonyl (C=O) groups excluding carboxylic acids is 3. The Morgan fingerprint density at radius 2 is 1.71 bits per heavy atom. The lowest BCUT2D eigenvalue weighted by atomic mass is 10.0. The van der Waals surface area contributed by atoms with Crippen molar-refractivity contribution in [1.29, 1.82) is 0 Å². The molecule has 2 atom stereocenters. The van der Waals surface area contributed by atoms with Crippen LogP contribution in [0.25, 0.3) is 11.1 Å². The zero-order valence-electron chi connectivity index (χ0n) is 20.0. The highest BCUT2D eigenvalue weighted by Gasteiger charge is 2.34. The number of hydrogen-bond acceptors (Lipinski definition) is 5. The standard InChI is InChI=1S/C26H23ClF3N5O3/c1-14(36)33-23-9-6-17(12-32-23)15-2-4-16(5-3-15)24(37)35-19-11-22(31-13-19)25(38)34-18-7-8-21(27)20(10-18)26(28,29)30/h2-10,12,19,22,31H,11,13H2,1H3,(H,34,38)(H,35,37)(H,32,33,36)/t19-,22-/m1/s1. The zero-order valence-corrected chi connectivity index (χ0v) is 20.8. The molecule has 2 aromatic carbocycles. The maximum absolute atomic E-state index is 13.1. The van der Waals surface area contributed by atoms with E-state index in [-0.39, 0.29) is 30.0 Å². The van der Waals surface area contributed by atoms with E-state index < -0.39 is 28.7 Å². The van der Waals surface area contributed by atoms with Crippen LogP contribution in [0.2, 0.25) is 5.02 Å². The number of aromatic nitrogens is 1. The molecule has 3 aromatic rings. The number of rotatable bonds is 6. The average molecular weight is 546 g/mol. The fourth-order valence-electron chi connectivity index (χ4n) is 4.00. The Bertz CT molecular complexity index is 1350. The SMILES string of the molecule is CC(=O)Nc1ccc(-c2ccc(C(=O)N[C@H]3CN[C@@H](C(=O)Nc4ccc(Cl)c(C(F)(F)F)c4)C3)cc2)cn1. The first-order chi connectivity index (χ1) is 18.0. The molecule has 1 aliphatic heterocycles. The van der Waals surface area contributed by atoms with Gasteiger partial charge in [0.15, 0.2) is 0 Å². The molecule has 4 N–H and O–H groups in total. The normalized spacial score (nSPS) is 17.1. The van der Waals surface area contributed by atoms with Crippen LogP contribution < -0.4 is 21.3 Å². The van der Waals surface area contributed by atoms with Crippen LogP contribution in [0.3, 0.4) is 0 Å². The highest BCUT2D eigenvalue weighted by atomic mass is 35.5. The van der Waals surface area contributed by atoms with Gasteiger partial charge in [0, 0.05) is 42.5 Å². The van der Waals surface area contributed by atoms with Crippen molar-refractivity contribution in [3.05, 3.63) is 76.9 Å². The predicted octanol–water partition coefficient (Wildman–Crippen LogP) is 4.48. The minimum atomic E-state index is -4.65. The quantitative estimate of drug-likeness (QED) is 0.365. The van der Waals surface area contributed by atoms with Crippen molar-refractivity contribution in [2.45, 2.75) is 31.6 Å². The number of anilines is 2. The largest absolute Gasteiger partial charge is 0.417 e. The van der Waals surface area contributed by atoms with Gasteiger partial charge in [0.1, 0.15) is 5.82 Å². The third-order valence-electron chi connectivity index (χ3n) is 5.87. The maximum Gasteiger partial charge on any atom is 0.417 e. The van der Waals surface area contributed by atoms with Crippen LogP contribution in [0.15, 0.2) is 60.8 Å². The number of halogens is 4. The molecule has 0 aliphatic carbocycles. The van der Waals surface area contributed by atoms with E-state index in [1.807, 2.05) is 0 Å². The summed E-state index contributed by atoms with van der Waals surface area (Å²) in [5.41, 5.74) is 0.999. The molecule has 0 spiro atoms. The third kappa shape index (κ3) is 6.67. The van der Waals surface area contributed by atoms with Crippen LogP contribution in [0.4, 0.5) is 24.7 Å². The summed E-state index contributed by atoms with van der Waals surface area (Å²) in [5, 5.41) is 10.4. The molecular formula is C26H23ClF3N5O3. The van der Waals surface area contributed by atoms with Crippen molar-refractivity contribution in [3.8, 4) is 11.1 Å². The molecule has 2 heterocycles. The zero-order chi connectivity index (χ0) is 27.4.